The fourth-order valence-corrected chi connectivity index (χ4v) is 3.23. The number of anilines is 2. The van der Waals surface area contributed by atoms with Gasteiger partial charge in [-0.15, -0.1) is 0 Å². The predicted molar refractivity (Wildman–Crippen MR) is 102 cm³/mol. The third-order valence-corrected chi connectivity index (χ3v) is 4.68. The summed E-state index contributed by atoms with van der Waals surface area (Å²) in [5, 5.41) is 11.6. The van der Waals surface area contributed by atoms with Gasteiger partial charge in [-0.25, -0.2) is 15.0 Å². The lowest BCUT2D eigenvalue weighted by Crippen LogP contribution is -2.46. The molecule has 0 atom stereocenters. The van der Waals surface area contributed by atoms with Crippen molar-refractivity contribution in [3.05, 3.63) is 58.5 Å². The van der Waals surface area contributed by atoms with Crippen molar-refractivity contribution >= 4 is 28.2 Å². The number of benzene rings is 1. The number of nitrogens with two attached hydrogens (primary N) is 1. The highest BCUT2D eigenvalue weighted by atomic mass is 16.6. The van der Waals surface area contributed by atoms with Crippen LogP contribution >= 0.6 is 0 Å². The van der Waals surface area contributed by atoms with Gasteiger partial charge in [-0.05, 0) is 18.2 Å². The largest absolute Gasteiger partial charge is 0.383 e. The van der Waals surface area contributed by atoms with E-state index in [1.165, 1.54) is 12.3 Å². The molecule has 0 amide bonds. The Morgan fingerprint density at radius 1 is 1.07 bits per heavy atom. The number of nitrogen functional groups attached to an aromatic ring is 1. The van der Waals surface area contributed by atoms with Gasteiger partial charge in [-0.2, -0.15) is 0 Å². The maximum atomic E-state index is 10.7. The zero-order valence-corrected chi connectivity index (χ0v) is 14.7. The number of rotatable bonds is 4. The summed E-state index contributed by atoms with van der Waals surface area (Å²) in [6.07, 6.45) is 1.30. The lowest BCUT2D eigenvalue weighted by Gasteiger charge is -2.35. The molecule has 1 aliphatic heterocycles. The van der Waals surface area contributed by atoms with E-state index in [0.29, 0.717) is 18.2 Å². The molecule has 0 spiro atoms. The second-order valence-corrected chi connectivity index (χ2v) is 6.44. The number of pyridine rings is 1. The van der Waals surface area contributed by atoms with Crippen molar-refractivity contribution in [2.24, 2.45) is 0 Å². The molecule has 9 heteroatoms. The minimum atomic E-state index is -0.440. The van der Waals surface area contributed by atoms with Gasteiger partial charge < -0.3 is 10.6 Å². The Hall–Kier alpha value is -3.33. The lowest BCUT2D eigenvalue weighted by atomic mass is 10.2. The summed E-state index contributed by atoms with van der Waals surface area (Å²) >= 11 is 0. The van der Waals surface area contributed by atoms with Gasteiger partial charge in [0.25, 0.3) is 5.69 Å². The summed E-state index contributed by atoms with van der Waals surface area (Å²) in [4.78, 5) is 27.9. The van der Waals surface area contributed by atoms with Gasteiger partial charge in [0.2, 0.25) is 0 Å². The molecular formula is C18H19N7O2. The average molecular weight is 365 g/mol. The molecule has 0 aliphatic carbocycles. The molecule has 3 aromatic rings. The predicted octanol–water partition coefficient (Wildman–Crippen LogP) is 1.84. The van der Waals surface area contributed by atoms with Crippen molar-refractivity contribution in [2.45, 2.75) is 6.54 Å². The number of hydrogen-bond acceptors (Lipinski definition) is 8. The molecule has 1 saturated heterocycles. The molecule has 0 unspecified atom stereocenters. The van der Waals surface area contributed by atoms with E-state index in [-0.39, 0.29) is 5.69 Å². The van der Waals surface area contributed by atoms with Crippen molar-refractivity contribution in [1.82, 2.24) is 19.9 Å². The molecule has 0 bridgehead atoms. The van der Waals surface area contributed by atoms with Crippen molar-refractivity contribution in [1.29, 1.82) is 0 Å². The quantitative estimate of drug-likeness (QED) is 0.550. The van der Waals surface area contributed by atoms with Crippen LogP contribution in [0.5, 0.6) is 0 Å². The van der Waals surface area contributed by atoms with Crippen LogP contribution in [0.3, 0.4) is 0 Å². The number of fused-ring (bicyclic) bond motifs is 1. The smallest absolute Gasteiger partial charge is 0.287 e. The fourth-order valence-electron chi connectivity index (χ4n) is 3.23. The van der Waals surface area contributed by atoms with Gasteiger partial charge in [-0.1, -0.05) is 12.1 Å². The number of nitro groups is 1. The van der Waals surface area contributed by atoms with Gasteiger partial charge >= 0.3 is 0 Å². The minimum absolute atomic E-state index is 0.00317. The van der Waals surface area contributed by atoms with Gasteiger partial charge in [0.05, 0.1) is 17.0 Å². The van der Waals surface area contributed by atoms with E-state index in [1.807, 2.05) is 24.3 Å². The van der Waals surface area contributed by atoms with Crippen molar-refractivity contribution < 1.29 is 4.92 Å². The Morgan fingerprint density at radius 3 is 2.56 bits per heavy atom. The fraction of sp³-hybridized carbons (Fsp3) is 0.278. The number of para-hydroxylation sites is 1. The molecule has 27 heavy (non-hydrogen) atoms. The molecule has 1 aromatic carbocycles. The number of aromatic nitrogens is 3. The van der Waals surface area contributed by atoms with Gasteiger partial charge in [-0.3, -0.25) is 15.0 Å². The molecule has 4 rings (SSSR count). The van der Waals surface area contributed by atoms with Gasteiger partial charge in [0.15, 0.2) is 0 Å². The summed E-state index contributed by atoms with van der Waals surface area (Å²) in [7, 11) is 0. The Morgan fingerprint density at radius 2 is 1.85 bits per heavy atom. The summed E-state index contributed by atoms with van der Waals surface area (Å²) in [5.41, 5.74) is 6.92. The van der Waals surface area contributed by atoms with Crippen molar-refractivity contribution in [2.75, 3.05) is 36.8 Å². The summed E-state index contributed by atoms with van der Waals surface area (Å²) in [6.45, 7) is 3.86. The van der Waals surface area contributed by atoms with Crippen LogP contribution in [-0.2, 0) is 6.54 Å². The molecule has 1 aliphatic rings. The normalized spacial score (nSPS) is 15.2. The van der Waals surface area contributed by atoms with Crippen LogP contribution in [0, 0.1) is 10.1 Å². The Kier molecular flexibility index (Phi) is 4.51. The lowest BCUT2D eigenvalue weighted by molar-refractivity contribution is -0.385. The number of nitrogens with zero attached hydrogens (tertiary/aromatic N) is 6. The van der Waals surface area contributed by atoms with E-state index in [0.717, 1.165) is 42.9 Å². The highest BCUT2D eigenvalue weighted by Gasteiger charge is 2.20. The monoisotopic (exact) mass is 365 g/mol. The van der Waals surface area contributed by atoms with Crippen molar-refractivity contribution in [3.63, 3.8) is 0 Å². The Labute approximate surface area is 155 Å². The average Bonchev–Trinajstić information content (AvgIpc) is 2.69. The number of piperazine rings is 1. The van der Waals surface area contributed by atoms with Crippen LogP contribution in [0.15, 0.2) is 42.6 Å². The zero-order valence-electron chi connectivity index (χ0n) is 14.7. The first kappa shape index (κ1) is 17.1. The topological polar surface area (TPSA) is 114 Å². The summed E-state index contributed by atoms with van der Waals surface area (Å²) in [6, 6.07) is 10.9. The van der Waals surface area contributed by atoms with Crippen LogP contribution in [0.4, 0.5) is 17.3 Å². The van der Waals surface area contributed by atoms with Crippen molar-refractivity contribution in [3.8, 4) is 0 Å². The Bertz CT molecular complexity index is 969. The van der Waals surface area contributed by atoms with Crippen LogP contribution in [0.2, 0.25) is 0 Å². The molecule has 3 heterocycles. The third-order valence-electron chi connectivity index (χ3n) is 4.68. The first-order valence-electron chi connectivity index (χ1n) is 8.69. The van der Waals surface area contributed by atoms with E-state index in [9.17, 15) is 10.1 Å². The molecule has 0 radical (unpaired) electrons. The zero-order chi connectivity index (χ0) is 18.8. The standard InChI is InChI=1S/C18H19N7O2/c19-18-14-3-1-2-4-15(14)21-16(22-18)12-23-7-9-24(10-8-23)17-6-5-13(11-20-17)25(26)27/h1-6,11H,7-10,12H2,(H2,19,21,22). The first-order chi connectivity index (χ1) is 13.1. The van der Waals surface area contributed by atoms with Gasteiger partial charge in [0, 0.05) is 37.6 Å². The second kappa shape index (κ2) is 7.12. The van der Waals surface area contributed by atoms with Crippen LogP contribution in [-0.4, -0.2) is 51.0 Å². The van der Waals surface area contributed by atoms with Crippen LogP contribution in [0.25, 0.3) is 10.9 Å². The molecule has 1 fully saturated rings. The van der Waals surface area contributed by atoms with Crippen LogP contribution < -0.4 is 10.6 Å². The molecule has 138 valence electrons. The summed E-state index contributed by atoms with van der Waals surface area (Å²) < 4.78 is 0. The maximum Gasteiger partial charge on any atom is 0.287 e. The second-order valence-electron chi connectivity index (χ2n) is 6.44. The maximum absolute atomic E-state index is 10.7. The highest BCUT2D eigenvalue weighted by Crippen LogP contribution is 2.20. The molecule has 9 nitrogen and oxygen atoms in total. The van der Waals surface area contributed by atoms with E-state index in [1.54, 1.807) is 6.07 Å². The number of hydrogen-bond donors (Lipinski definition) is 1. The van der Waals surface area contributed by atoms with E-state index in [2.05, 4.69) is 24.8 Å². The highest BCUT2D eigenvalue weighted by molar-refractivity contribution is 5.87. The van der Waals surface area contributed by atoms with E-state index in [4.69, 9.17) is 5.73 Å². The first-order valence-corrected chi connectivity index (χ1v) is 8.69. The third kappa shape index (κ3) is 3.63. The SMILES string of the molecule is Nc1nc(CN2CCN(c3ccc([N+](=O)[O-])cn3)CC2)nc2ccccc12. The molecule has 2 aromatic heterocycles. The Balaban J connectivity index is 1.40. The summed E-state index contributed by atoms with van der Waals surface area (Å²) in [5.74, 6) is 1.98. The molecule has 2 N–H and O–H groups in total. The molecular weight excluding hydrogens is 346 g/mol. The minimum Gasteiger partial charge on any atom is -0.383 e. The molecule has 0 saturated carbocycles. The van der Waals surface area contributed by atoms with E-state index >= 15 is 0 Å². The van der Waals surface area contributed by atoms with E-state index < -0.39 is 4.92 Å². The van der Waals surface area contributed by atoms with Gasteiger partial charge in [0.1, 0.15) is 23.7 Å². The van der Waals surface area contributed by atoms with Crippen LogP contribution in [0.1, 0.15) is 5.82 Å².